The number of hydrogen-bond donors (Lipinski definition) is 2. The van der Waals surface area contributed by atoms with E-state index in [0.29, 0.717) is 6.54 Å². The van der Waals surface area contributed by atoms with Crippen LogP contribution in [0.3, 0.4) is 0 Å². The van der Waals surface area contributed by atoms with Gasteiger partial charge in [0, 0.05) is 18.7 Å². The van der Waals surface area contributed by atoms with Crippen LogP contribution in [0.5, 0.6) is 0 Å². The molecule has 1 aliphatic rings. The molecule has 1 aromatic rings. The molecule has 0 bridgehead atoms. The fourth-order valence-electron chi connectivity index (χ4n) is 2.26. The third-order valence-electron chi connectivity index (χ3n) is 3.26. The molecule has 2 atom stereocenters. The number of alkyl halides is 3. The van der Waals surface area contributed by atoms with Crippen molar-refractivity contribution in [1.29, 1.82) is 0 Å². The third-order valence-corrected chi connectivity index (χ3v) is 3.26. The molecule has 0 radical (unpaired) electrons. The second-order valence-electron chi connectivity index (χ2n) is 4.54. The Hall–Kier alpha value is -1.30. The van der Waals surface area contributed by atoms with Crippen LogP contribution in [0.2, 0.25) is 0 Å². The lowest BCUT2D eigenvalue weighted by Crippen LogP contribution is -2.23. The molecule has 3 nitrogen and oxygen atoms in total. The van der Waals surface area contributed by atoms with Crippen molar-refractivity contribution >= 4 is 5.82 Å². The third kappa shape index (κ3) is 2.93. The molecule has 1 fully saturated rings. The first-order valence-corrected chi connectivity index (χ1v) is 5.92. The van der Waals surface area contributed by atoms with Gasteiger partial charge in [-0.2, -0.15) is 13.2 Å². The molecular formula is C12H15F3N2O. The van der Waals surface area contributed by atoms with Crippen molar-refractivity contribution in [3.8, 4) is 0 Å². The highest BCUT2D eigenvalue weighted by Gasteiger charge is 2.34. The standard InChI is InChI=1S/C12H15F3N2O/c13-12(14,15)9-4-2-6-16-11(9)17-7-8-3-1-5-10(8)18/h2,4,6,8,10,18H,1,3,5,7H2,(H,16,17). The number of anilines is 1. The molecule has 0 amide bonds. The summed E-state index contributed by atoms with van der Waals surface area (Å²) in [5.74, 6) is -0.155. The number of rotatable bonds is 3. The molecular weight excluding hydrogens is 245 g/mol. The summed E-state index contributed by atoms with van der Waals surface area (Å²) in [6.45, 7) is 0.321. The molecule has 0 aliphatic heterocycles. The van der Waals surface area contributed by atoms with Crippen molar-refractivity contribution < 1.29 is 18.3 Å². The van der Waals surface area contributed by atoms with Gasteiger partial charge in [0.1, 0.15) is 5.82 Å². The van der Waals surface area contributed by atoms with E-state index < -0.39 is 17.8 Å². The minimum atomic E-state index is -4.41. The number of nitrogens with one attached hydrogen (secondary N) is 1. The number of halogens is 3. The first-order valence-electron chi connectivity index (χ1n) is 5.92. The summed E-state index contributed by atoms with van der Waals surface area (Å²) in [6.07, 6.45) is -1.03. The number of aliphatic hydroxyl groups is 1. The second-order valence-corrected chi connectivity index (χ2v) is 4.54. The summed E-state index contributed by atoms with van der Waals surface area (Å²) in [4.78, 5) is 3.72. The van der Waals surface area contributed by atoms with Crippen LogP contribution in [0.1, 0.15) is 24.8 Å². The number of nitrogens with zero attached hydrogens (tertiary/aromatic N) is 1. The van der Waals surface area contributed by atoms with Crippen molar-refractivity contribution in [1.82, 2.24) is 4.98 Å². The summed E-state index contributed by atoms with van der Waals surface area (Å²) in [6, 6.07) is 2.26. The maximum absolute atomic E-state index is 12.7. The molecule has 2 rings (SSSR count). The van der Waals surface area contributed by atoms with Gasteiger partial charge < -0.3 is 10.4 Å². The average molecular weight is 260 g/mol. The summed E-state index contributed by atoms with van der Waals surface area (Å²) in [5.41, 5.74) is -0.766. The number of pyridine rings is 1. The van der Waals surface area contributed by atoms with Crippen LogP contribution in [0.25, 0.3) is 0 Å². The van der Waals surface area contributed by atoms with E-state index >= 15 is 0 Å². The van der Waals surface area contributed by atoms with Gasteiger partial charge in [-0.15, -0.1) is 0 Å². The molecule has 1 aromatic heterocycles. The van der Waals surface area contributed by atoms with E-state index in [4.69, 9.17) is 0 Å². The Morgan fingerprint density at radius 1 is 1.39 bits per heavy atom. The quantitative estimate of drug-likeness (QED) is 0.878. The fraction of sp³-hybridized carbons (Fsp3) is 0.583. The largest absolute Gasteiger partial charge is 0.419 e. The maximum atomic E-state index is 12.7. The number of aliphatic hydroxyl groups excluding tert-OH is 1. The Bertz CT molecular complexity index is 409. The van der Waals surface area contributed by atoms with Gasteiger partial charge in [0.15, 0.2) is 0 Å². The predicted molar refractivity (Wildman–Crippen MR) is 61.1 cm³/mol. The zero-order chi connectivity index (χ0) is 13.2. The topological polar surface area (TPSA) is 45.1 Å². The number of hydrogen-bond acceptors (Lipinski definition) is 3. The summed E-state index contributed by atoms with van der Waals surface area (Å²) in [7, 11) is 0. The molecule has 1 heterocycles. The smallest absolute Gasteiger partial charge is 0.393 e. The summed E-state index contributed by atoms with van der Waals surface area (Å²) >= 11 is 0. The monoisotopic (exact) mass is 260 g/mol. The maximum Gasteiger partial charge on any atom is 0.419 e. The molecule has 0 aromatic carbocycles. The molecule has 2 N–H and O–H groups in total. The van der Waals surface area contributed by atoms with E-state index in [1.54, 1.807) is 0 Å². The van der Waals surface area contributed by atoms with E-state index in [0.717, 1.165) is 25.3 Å². The van der Waals surface area contributed by atoms with Crippen molar-refractivity contribution in [3.05, 3.63) is 23.9 Å². The lowest BCUT2D eigenvalue weighted by Gasteiger charge is -2.18. The van der Waals surface area contributed by atoms with Crippen molar-refractivity contribution in [2.75, 3.05) is 11.9 Å². The predicted octanol–water partition coefficient (Wildman–Crippen LogP) is 2.67. The summed E-state index contributed by atoms with van der Waals surface area (Å²) < 4.78 is 38.1. The molecule has 18 heavy (non-hydrogen) atoms. The minimum Gasteiger partial charge on any atom is -0.393 e. The Morgan fingerprint density at radius 2 is 2.17 bits per heavy atom. The average Bonchev–Trinajstić information content (AvgIpc) is 2.71. The van der Waals surface area contributed by atoms with E-state index in [9.17, 15) is 18.3 Å². The van der Waals surface area contributed by atoms with Crippen LogP contribution in [-0.2, 0) is 6.18 Å². The normalized spacial score (nSPS) is 24.2. The lowest BCUT2D eigenvalue weighted by atomic mass is 10.1. The zero-order valence-electron chi connectivity index (χ0n) is 9.74. The van der Waals surface area contributed by atoms with Crippen LogP contribution in [0, 0.1) is 5.92 Å². The molecule has 0 spiro atoms. The van der Waals surface area contributed by atoms with Crippen LogP contribution < -0.4 is 5.32 Å². The van der Waals surface area contributed by atoms with Crippen LogP contribution in [0.4, 0.5) is 19.0 Å². The second kappa shape index (κ2) is 5.14. The minimum absolute atomic E-state index is 0.00749. The van der Waals surface area contributed by atoms with Gasteiger partial charge in [0.05, 0.1) is 11.7 Å². The van der Waals surface area contributed by atoms with Crippen LogP contribution >= 0.6 is 0 Å². The van der Waals surface area contributed by atoms with Crippen LogP contribution in [0.15, 0.2) is 18.3 Å². The molecule has 1 saturated carbocycles. The Balaban J connectivity index is 2.05. The summed E-state index contributed by atoms with van der Waals surface area (Å²) in [5, 5.41) is 12.3. The highest BCUT2D eigenvalue weighted by Crippen LogP contribution is 2.34. The van der Waals surface area contributed by atoms with Gasteiger partial charge in [-0.25, -0.2) is 4.98 Å². The first-order chi connectivity index (χ1) is 8.48. The molecule has 2 unspecified atom stereocenters. The molecule has 6 heteroatoms. The highest BCUT2D eigenvalue weighted by atomic mass is 19.4. The zero-order valence-corrected chi connectivity index (χ0v) is 9.74. The Labute approximate surface area is 103 Å². The van der Waals surface area contributed by atoms with Gasteiger partial charge in [-0.3, -0.25) is 0 Å². The molecule has 100 valence electrons. The Kier molecular flexibility index (Phi) is 3.75. The molecule has 0 saturated heterocycles. The SMILES string of the molecule is OC1CCCC1CNc1ncccc1C(F)(F)F. The van der Waals surface area contributed by atoms with Gasteiger partial charge in [0.2, 0.25) is 0 Å². The highest BCUT2D eigenvalue weighted by molar-refractivity contribution is 5.45. The van der Waals surface area contributed by atoms with Gasteiger partial charge in [0.25, 0.3) is 0 Å². The van der Waals surface area contributed by atoms with Crippen LogP contribution in [-0.4, -0.2) is 22.7 Å². The van der Waals surface area contributed by atoms with Gasteiger partial charge in [-0.1, -0.05) is 6.42 Å². The Morgan fingerprint density at radius 3 is 2.78 bits per heavy atom. The lowest BCUT2D eigenvalue weighted by molar-refractivity contribution is -0.137. The van der Waals surface area contributed by atoms with Crippen molar-refractivity contribution in [2.45, 2.75) is 31.5 Å². The van der Waals surface area contributed by atoms with Crippen molar-refractivity contribution in [3.63, 3.8) is 0 Å². The van der Waals surface area contributed by atoms with E-state index in [1.165, 1.54) is 12.3 Å². The van der Waals surface area contributed by atoms with Gasteiger partial charge >= 0.3 is 6.18 Å². The van der Waals surface area contributed by atoms with E-state index in [1.807, 2.05) is 0 Å². The van der Waals surface area contributed by atoms with Crippen molar-refractivity contribution in [2.24, 2.45) is 5.92 Å². The van der Waals surface area contributed by atoms with Gasteiger partial charge in [-0.05, 0) is 25.0 Å². The number of aromatic nitrogens is 1. The van der Waals surface area contributed by atoms with E-state index in [-0.39, 0.29) is 11.7 Å². The fourth-order valence-corrected chi connectivity index (χ4v) is 2.26. The first kappa shape index (κ1) is 13.1. The van der Waals surface area contributed by atoms with E-state index in [2.05, 4.69) is 10.3 Å². The molecule has 1 aliphatic carbocycles.